The Morgan fingerprint density at radius 1 is 0.541 bits per heavy atom. The van der Waals surface area contributed by atoms with E-state index >= 15 is 0 Å². The second kappa shape index (κ2) is 30.5. The van der Waals surface area contributed by atoms with E-state index in [1.165, 1.54) is 78.1 Å². The summed E-state index contributed by atoms with van der Waals surface area (Å²) in [4.78, 5) is 99.7. The topological polar surface area (TPSA) is 232 Å². The van der Waals surface area contributed by atoms with E-state index in [9.17, 15) is 33.6 Å². The number of unbranched alkanes of at least 4 members (excludes halogenated alkanes) is 12. The van der Waals surface area contributed by atoms with Crippen molar-refractivity contribution in [2.75, 3.05) is 7.05 Å². The van der Waals surface area contributed by atoms with Crippen LogP contribution in [0.4, 0.5) is 0 Å². The Hall–Kier alpha value is -4.50. The van der Waals surface area contributed by atoms with Crippen LogP contribution in [0.25, 0.3) is 0 Å². The zero-order valence-corrected chi connectivity index (χ0v) is 39.0. The molecule has 16 nitrogen and oxygen atoms in total. The summed E-state index contributed by atoms with van der Waals surface area (Å²) < 4.78 is 0. The van der Waals surface area contributed by atoms with Gasteiger partial charge in [-0.2, -0.15) is 0 Å². The Bertz CT molecular complexity index is 1470. The molecule has 7 atom stereocenters. The summed E-state index contributed by atoms with van der Waals surface area (Å²) >= 11 is 0. The molecule has 7 amide bonds. The molecule has 16 heteroatoms. The molecule has 0 aliphatic rings. The van der Waals surface area contributed by atoms with Crippen LogP contribution in [-0.4, -0.2) is 94.6 Å². The lowest BCUT2D eigenvalue weighted by Crippen LogP contribution is -2.61. The number of aromatic amines is 1. The third-order valence-corrected chi connectivity index (χ3v) is 11.2. The minimum Gasteiger partial charge on any atom is -0.357 e. The fourth-order valence-electron chi connectivity index (χ4n) is 6.87. The number of imidazole rings is 1. The van der Waals surface area contributed by atoms with Crippen molar-refractivity contribution in [1.29, 1.82) is 0 Å². The number of H-pyrrole nitrogens is 1. The summed E-state index contributed by atoms with van der Waals surface area (Å²) in [5, 5.41) is 18.9. The molecular formula is C45H81N9O7. The van der Waals surface area contributed by atoms with Crippen LogP contribution in [0, 0.1) is 17.8 Å². The normalized spacial score (nSPS) is 14.8. The van der Waals surface area contributed by atoms with Crippen molar-refractivity contribution in [2.45, 2.75) is 201 Å². The number of carbonyl (C=O) groups excluding carboxylic acids is 7. The molecular weight excluding hydrogens is 779 g/mol. The molecule has 1 aromatic rings. The van der Waals surface area contributed by atoms with E-state index in [4.69, 9.17) is 0 Å². The van der Waals surface area contributed by atoms with Crippen LogP contribution >= 0.6 is 0 Å². The van der Waals surface area contributed by atoms with Gasteiger partial charge in [-0.15, -0.1) is 0 Å². The smallest absolute Gasteiger partial charge is 0.243 e. The molecule has 1 rings (SSSR count). The molecule has 0 aliphatic carbocycles. The molecule has 0 fully saturated rings. The van der Waals surface area contributed by atoms with Gasteiger partial charge >= 0.3 is 0 Å². The molecule has 61 heavy (non-hydrogen) atoms. The van der Waals surface area contributed by atoms with Crippen LogP contribution in [0.5, 0.6) is 0 Å². The van der Waals surface area contributed by atoms with Crippen molar-refractivity contribution < 1.29 is 33.6 Å². The van der Waals surface area contributed by atoms with Crippen LogP contribution in [0.2, 0.25) is 0 Å². The summed E-state index contributed by atoms with van der Waals surface area (Å²) in [6.45, 7) is 16.0. The highest BCUT2D eigenvalue weighted by Gasteiger charge is 2.35. The van der Waals surface area contributed by atoms with Crippen molar-refractivity contribution in [3.63, 3.8) is 0 Å². The predicted molar refractivity (Wildman–Crippen MR) is 239 cm³/mol. The molecule has 0 bridgehead atoms. The third-order valence-electron chi connectivity index (χ3n) is 11.2. The number of rotatable bonds is 32. The number of nitrogens with zero attached hydrogens (tertiary/aromatic N) is 1. The van der Waals surface area contributed by atoms with E-state index in [1.54, 1.807) is 40.8 Å². The van der Waals surface area contributed by atoms with Gasteiger partial charge in [0.15, 0.2) is 0 Å². The van der Waals surface area contributed by atoms with Crippen LogP contribution < -0.4 is 37.2 Å². The summed E-state index contributed by atoms with van der Waals surface area (Å²) in [6, 6.07) is -6.09. The largest absolute Gasteiger partial charge is 0.357 e. The molecule has 348 valence electrons. The molecule has 0 aliphatic heterocycles. The van der Waals surface area contributed by atoms with Crippen LogP contribution in [0.3, 0.4) is 0 Å². The second-order valence-electron chi connectivity index (χ2n) is 17.3. The van der Waals surface area contributed by atoms with Crippen molar-refractivity contribution in [1.82, 2.24) is 47.2 Å². The van der Waals surface area contributed by atoms with E-state index in [0.717, 1.165) is 25.7 Å². The molecule has 8 N–H and O–H groups in total. The molecule has 0 saturated heterocycles. The fourth-order valence-corrected chi connectivity index (χ4v) is 6.87. The zero-order valence-electron chi connectivity index (χ0n) is 39.0. The van der Waals surface area contributed by atoms with Crippen molar-refractivity contribution in [2.24, 2.45) is 17.8 Å². The number of nitrogens with one attached hydrogen (secondary N) is 8. The summed E-state index contributed by atoms with van der Waals surface area (Å²) in [7, 11) is 1.47. The Labute approximate surface area is 365 Å². The van der Waals surface area contributed by atoms with Gasteiger partial charge in [0.1, 0.15) is 36.3 Å². The molecule has 0 saturated carbocycles. The highest BCUT2D eigenvalue weighted by molar-refractivity contribution is 5.97. The van der Waals surface area contributed by atoms with Crippen molar-refractivity contribution >= 4 is 41.4 Å². The third kappa shape index (κ3) is 21.7. The first kappa shape index (κ1) is 54.5. The van der Waals surface area contributed by atoms with Gasteiger partial charge in [-0.25, -0.2) is 4.98 Å². The van der Waals surface area contributed by atoms with E-state index in [1.807, 2.05) is 13.8 Å². The number of amides is 7. The van der Waals surface area contributed by atoms with E-state index < -0.39 is 71.7 Å². The number of aromatic nitrogens is 2. The van der Waals surface area contributed by atoms with Gasteiger partial charge < -0.3 is 42.2 Å². The standard InChI is InChI=1S/C45H81N9O7/c1-11-13-14-15-16-17-18-19-20-21-22-23-24-25-36(55)49-32(8)40(56)54-39(31(7)12-2)45(61)53-38(30(5)6)44(60)51-35(26-34-27-47-28-48-34)42(58)50-33(9)41(57)52-37(29(3)4)43(59)46-10/h27-33,35,37-39H,11-26H2,1-10H3,(H,46,59)(H,47,48)(H,49,55)(H,50,58)(H,51,60)(H,52,57)(H,53,61)(H,54,56)/t31-,32-,33-,35-,37-,38-,39-/m0/s1. The minimum absolute atomic E-state index is 0.0322. The number of hydrogen-bond acceptors (Lipinski definition) is 8. The molecule has 0 unspecified atom stereocenters. The molecule has 1 aromatic heterocycles. The quantitative estimate of drug-likeness (QED) is 0.0480. The van der Waals surface area contributed by atoms with E-state index in [-0.39, 0.29) is 30.1 Å². The lowest BCUT2D eigenvalue weighted by Gasteiger charge is -2.30. The number of likely N-dealkylation sites (N-methyl/N-ethyl adjacent to an activating group) is 1. The van der Waals surface area contributed by atoms with Crippen LogP contribution in [0.15, 0.2) is 12.5 Å². The molecule has 0 spiro atoms. The van der Waals surface area contributed by atoms with Gasteiger partial charge in [-0.3, -0.25) is 33.6 Å². The highest BCUT2D eigenvalue weighted by Crippen LogP contribution is 2.14. The first-order valence-corrected chi connectivity index (χ1v) is 23.0. The van der Waals surface area contributed by atoms with Crippen LogP contribution in [0.1, 0.15) is 164 Å². The molecule has 0 radical (unpaired) electrons. The first-order chi connectivity index (χ1) is 29.0. The van der Waals surface area contributed by atoms with Gasteiger partial charge in [-0.05, 0) is 38.0 Å². The zero-order chi connectivity index (χ0) is 45.9. The fraction of sp³-hybridized carbons (Fsp3) is 0.778. The van der Waals surface area contributed by atoms with Gasteiger partial charge in [0, 0.05) is 26.1 Å². The van der Waals surface area contributed by atoms with Crippen LogP contribution in [-0.2, 0) is 40.0 Å². The summed E-state index contributed by atoms with van der Waals surface area (Å²) in [6.07, 6.45) is 19.5. The molecule has 1 heterocycles. The monoisotopic (exact) mass is 860 g/mol. The maximum absolute atomic E-state index is 13.9. The average Bonchev–Trinajstić information content (AvgIpc) is 3.74. The Morgan fingerprint density at radius 2 is 1.00 bits per heavy atom. The maximum atomic E-state index is 13.9. The van der Waals surface area contributed by atoms with Crippen molar-refractivity contribution in [3.8, 4) is 0 Å². The lowest BCUT2D eigenvalue weighted by molar-refractivity contribution is -0.136. The van der Waals surface area contributed by atoms with E-state index in [0.29, 0.717) is 18.5 Å². The van der Waals surface area contributed by atoms with Crippen molar-refractivity contribution in [3.05, 3.63) is 18.2 Å². The second-order valence-corrected chi connectivity index (χ2v) is 17.3. The van der Waals surface area contributed by atoms with Gasteiger partial charge in [-0.1, -0.05) is 132 Å². The highest BCUT2D eigenvalue weighted by atomic mass is 16.2. The van der Waals surface area contributed by atoms with E-state index in [2.05, 4.69) is 54.1 Å². The summed E-state index contributed by atoms with van der Waals surface area (Å²) in [5.74, 6) is -4.60. The number of hydrogen-bond donors (Lipinski definition) is 8. The molecule has 0 aromatic carbocycles. The predicted octanol–water partition coefficient (Wildman–Crippen LogP) is 4.49. The average molecular weight is 860 g/mol. The Morgan fingerprint density at radius 3 is 1.48 bits per heavy atom. The summed E-state index contributed by atoms with van der Waals surface area (Å²) in [5.41, 5.74) is 0.465. The number of carbonyl (C=O) groups is 7. The Kier molecular flexibility index (Phi) is 27.3. The first-order valence-electron chi connectivity index (χ1n) is 23.0. The van der Waals surface area contributed by atoms with Gasteiger partial charge in [0.25, 0.3) is 0 Å². The maximum Gasteiger partial charge on any atom is 0.243 e. The van der Waals surface area contributed by atoms with Gasteiger partial charge in [0.2, 0.25) is 41.4 Å². The Balaban J connectivity index is 2.83. The SMILES string of the molecule is CCCCCCCCCCCCCCCC(=O)N[C@@H](C)C(=O)N[C@H](C(=O)N[C@H](C(=O)N[C@@H](Cc1c[nH]cn1)C(=O)N[C@@H](C)C(=O)N[C@H](C(=O)NC)C(C)C)C(C)C)[C@@H](C)CC. The minimum atomic E-state index is -1.20. The van der Waals surface area contributed by atoms with Gasteiger partial charge in [0.05, 0.1) is 12.0 Å². The lowest BCUT2D eigenvalue weighted by atomic mass is 9.96.